The Morgan fingerprint density at radius 1 is 1.26 bits per heavy atom. The largest absolute Gasteiger partial charge is 0.379 e. The molecule has 27 heavy (non-hydrogen) atoms. The summed E-state index contributed by atoms with van der Waals surface area (Å²) in [6.45, 7) is 6.41. The number of guanidine groups is 1. The number of primary sulfonamides is 1. The average Bonchev–Trinajstić information content (AvgIpc) is 3.15. The Bertz CT molecular complexity index is 745. The van der Waals surface area contributed by atoms with Gasteiger partial charge in [0.15, 0.2) is 5.96 Å². The lowest BCUT2D eigenvalue weighted by Gasteiger charge is -2.32. The SMILES string of the molecule is CN=C(NCCc1ccc(S(N)(=O)=O)cc1)N1CCC(N2CCOCC2)C1. The van der Waals surface area contributed by atoms with E-state index in [0.717, 1.165) is 70.3 Å². The van der Waals surface area contributed by atoms with Crippen LogP contribution in [0.25, 0.3) is 0 Å². The van der Waals surface area contributed by atoms with Gasteiger partial charge in [-0.15, -0.1) is 0 Å². The van der Waals surface area contributed by atoms with Crippen molar-refractivity contribution >= 4 is 16.0 Å². The molecule has 0 bridgehead atoms. The number of hydrogen-bond acceptors (Lipinski definition) is 5. The Morgan fingerprint density at radius 3 is 2.59 bits per heavy atom. The highest BCUT2D eigenvalue weighted by atomic mass is 32.2. The van der Waals surface area contributed by atoms with Crippen molar-refractivity contribution in [1.82, 2.24) is 15.1 Å². The number of hydrogen-bond donors (Lipinski definition) is 2. The van der Waals surface area contributed by atoms with Crippen molar-refractivity contribution in [2.24, 2.45) is 10.1 Å². The first-order valence-electron chi connectivity index (χ1n) is 9.36. The van der Waals surface area contributed by atoms with Gasteiger partial charge in [0.25, 0.3) is 0 Å². The van der Waals surface area contributed by atoms with Crippen molar-refractivity contribution in [1.29, 1.82) is 0 Å². The van der Waals surface area contributed by atoms with Crippen LogP contribution < -0.4 is 10.5 Å². The molecule has 9 heteroatoms. The van der Waals surface area contributed by atoms with Gasteiger partial charge in [0.1, 0.15) is 0 Å². The maximum Gasteiger partial charge on any atom is 0.238 e. The highest BCUT2D eigenvalue weighted by Crippen LogP contribution is 2.17. The van der Waals surface area contributed by atoms with E-state index in [4.69, 9.17) is 9.88 Å². The van der Waals surface area contributed by atoms with E-state index in [1.165, 1.54) is 0 Å². The summed E-state index contributed by atoms with van der Waals surface area (Å²) in [6.07, 6.45) is 1.93. The van der Waals surface area contributed by atoms with Crippen molar-refractivity contribution < 1.29 is 13.2 Å². The maximum absolute atomic E-state index is 11.3. The van der Waals surface area contributed by atoms with Crippen molar-refractivity contribution in [2.45, 2.75) is 23.8 Å². The lowest BCUT2D eigenvalue weighted by molar-refractivity contribution is 0.0195. The van der Waals surface area contributed by atoms with E-state index in [1.807, 2.05) is 7.05 Å². The third kappa shape index (κ3) is 5.41. The molecule has 0 radical (unpaired) electrons. The van der Waals surface area contributed by atoms with E-state index in [-0.39, 0.29) is 4.90 Å². The topological polar surface area (TPSA) is 100 Å². The standard InChI is InChI=1S/C18H29N5O3S/c1-20-18(23-9-7-16(14-23)22-10-12-26-13-11-22)21-8-6-15-2-4-17(5-3-15)27(19,24)25/h2-5,16H,6-14H2,1H3,(H,20,21)(H2,19,24,25). The minimum atomic E-state index is -3.64. The number of nitrogens with zero attached hydrogens (tertiary/aromatic N) is 3. The molecule has 0 amide bonds. The molecule has 1 aromatic carbocycles. The third-order valence-corrected chi connectivity index (χ3v) is 6.11. The van der Waals surface area contributed by atoms with E-state index in [0.29, 0.717) is 6.04 Å². The van der Waals surface area contributed by atoms with Crippen molar-refractivity contribution in [3.05, 3.63) is 29.8 Å². The van der Waals surface area contributed by atoms with Gasteiger partial charge in [-0.3, -0.25) is 9.89 Å². The number of nitrogens with two attached hydrogens (primary N) is 1. The normalized spacial score (nSPS) is 22.2. The number of morpholine rings is 1. The van der Waals surface area contributed by atoms with Crippen LogP contribution in [0.1, 0.15) is 12.0 Å². The molecule has 2 aliphatic heterocycles. The molecule has 0 saturated carbocycles. The van der Waals surface area contributed by atoms with Crippen LogP contribution in [-0.2, 0) is 21.2 Å². The van der Waals surface area contributed by atoms with Gasteiger partial charge in [0, 0.05) is 45.8 Å². The molecule has 1 aromatic rings. The predicted octanol–water partition coefficient (Wildman–Crippen LogP) is -0.142. The molecule has 1 atom stereocenters. The van der Waals surface area contributed by atoms with Crippen LogP contribution in [0.3, 0.4) is 0 Å². The van der Waals surface area contributed by atoms with E-state index in [1.54, 1.807) is 24.3 Å². The Morgan fingerprint density at radius 2 is 1.96 bits per heavy atom. The number of sulfonamides is 1. The fourth-order valence-electron chi connectivity index (χ4n) is 3.67. The second-order valence-electron chi connectivity index (χ2n) is 6.95. The van der Waals surface area contributed by atoms with Gasteiger partial charge in [-0.2, -0.15) is 0 Å². The first kappa shape index (κ1) is 20.1. The lowest BCUT2D eigenvalue weighted by atomic mass is 10.1. The maximum atomic E-state index is 11.3. The highest BCUT2D eigenvalue weighted by Gasteiger charge is 2.30. The van der Waals surface area contributed by atoms with Crippen molar-refractivity contribution in [3.8, 4) is 0 Å². The number of nitrogens with one attached hydrogen (secondary N) is 1. The van der Waals surface area contributed by atoms with E-state index >= 15 is 0 Å². The number of aliphatic imine (C=N–C) groups is 1. The summed E-state index contributed by atoms with van der Waals surface area (Å²) in [7, 11) is -1.83. The zero-order valence-corrected chi connectivity index (χ0v) is 16.6. The molecule has 150 valence electrons. The zero-order chi connectivity index (χ0) is 19.3. The van der Waals surface area contributed by atoms with E-state index in [9.17, 15) is 8.42 Å². The number of benzene rings is 1. The van der Waals surface area contributed by atoms with E-state index in [2.05, 4.69) is 20.1 Å². The molecular formula is C18H29N5O3S. The molecule has 0 spiro atoms. The fraction of sp³-hybridized carbons (Fsp3) is 0.611. The Balaban J connectivity index is 1.47. The van der Waals surface area contributed by atoms with Crippen molar-refractivity contribution in [3.63, 3.8) is 0 Å². The van der Waals surface area contributed by atoms with E-state index < -0.39 is 10.0 Å². The Hall–Kier alpha value is -1.68. The molecule has 2 saturated heterocycles. The molecule has 1 unspecified atom stereocenters. The number of ether oxygens (including phenoxy) is 1. The quantitative estimate of drug-likeness (QED) is 0.532. The summed E-state index contributed by atoms with van der Waals surface area (Å²) in [6, 6.07) is 7.26. The Labute approximate surface area is 161 Å². The zero-order valence-electron chi connectivity index (χ0n) is 15.8. The number of rotatable bonds is 5. The van der Waals surface area contributed by atoms with Crippen LogP contribution >= 0.6 is 0 Å². The van der Waals surface area contributed by atoms with Crippen LogP contribution in [0, 0.1) is 0 Å². The minimum Gasteiger partial charge on any atom is -0.379 e. The van der Waals surface area contributed by atoms with Crippen LogP contribution in [0.5, 0.6) is 0 Å². The first-order valence-corrected chi connectivity index (χ1v) is 10.9. The second-order valence-corrected chi connectivity index (χ2v) is 8.51. The molecular weight excluding hydrogens is 366 g/mol. The summed E-state index contributed by atoms with van der Waals surface area (Å²) >= 11 is 0. The van der Waals surface area contributed by atoms with Gasteiger partial charge in [0.2, 0.25) is 10.0 Å². The van der Waals surface area contributed by atoms with Crippen LogP contribution in [0.15, 0.2) is 34.2 Å². The van der Waals surface area contributed by atoms with Gasteiger partial charge < -0.3 is 15.0 Å². The fourth-order valence-corrected chi connectivity index (χ4v) is 4.19. The molecule has 0 aliphatic carbocycles. The average molecular weight is 396 g/mol. The summed E-state index contributed by atoms with van der Waals surface area (Å²) in [5, 5.41) is 8.55. The van der Waals surface area contributed by atoms with Crippen molar-refractivity contribution in [2.75, 3.05) is 53.0 Å². The van der Waals surface area contributed by atoms with Crippen LogP contribution in [-0.4, -0.2) is 83.2 Å². The van der Waals surface area contributed by atoms with Gasteiger partial charge in [-0.25, -0.2) is 13.6 Å². The Kier molecular flexibility index (Phi) is 6.69. The van der Waals surface area contributed by atoms with Gasteiger partial charge in [-0.05, 0) is 30.5 Å². The third-order valence-electron chi connectivity index (χ3n) is 5.19. The molecule has 0 aromatic heterocycles. The monoisotopic (exact) mass is 395 g/mol. The highest BCUT2D eigenvalue weighted by molar-refractivity contribution is 7.89. The lowest BCUT2D eigenvalue weighted by Crippen LogP contribution is -2.46. The smallest absolute Gasteiger partial charge is 0.238 e. The summed E-state index contributed by atoms with van der Waals surface area (Å²) < 4.78 is 28.1. The summed E-state index contributed by atoms with van der Waals surface area (Å²) in [4.78, 5) is 9.39. The summed E-state index contributed by atoms with van der Waals surface area (Å²) in [5.74, 6) is 0.923. The molecule has 2 heterocycles. The first-order chi connectivity index (χ1) is 13.0. The minimum absolute atomic E-state index is 0.140. The van der Waals surface area contributed by atoms with Gasteiger partial charge >= 0.3 is 0 Å². The summed E-state index contributed by atoms with van der Waals surface area (Å²) in [5.41, 5.74) is 1.05. The molecule has 8 nitrogen and oxygen atoms in total. The molecule has 2 aliphatic rings. The van der Waals surface area contributed by atoms with Gasteiger partial charge in [-0.1, -0.05) is 12.1 Å². The molecule has 3 rings (SSSR count). The molecule has 3 N–H and O–H groups in total. The van der Waals surface area contributed by atoms with Gasteiger partial charge in [0.05, 0.1) is 18.1 Å². The molecule has 2 fully saturated rings. The second kappa shape index (κ2) is 9.01. The van der Waals surface area contributed by atoms with Crippen LogP contribution in [0.4, 0.5) is 0 Å². The number of likely N-dealkylation sites (tertiary alicyclic amines) is 1. The predicted molar refractivity (Wildman–Crippen MR) is 105 cm³/mol. The van der Waals surface area contributed by atoms with Crippen LogP contribution in [0.2, 0.25) is 0 Å².